The van der Waals surface area contributed by atoms with Crippen LogP contribution in [0, 0.1) is 9.49 Å². The summed E-state index contributed by atoms with van der Waals surface area (Å²) in [4.78, 5) is 0. The van der Waals surface area contributed by atoms with Gasteiger partial charge in [0.1, 0.15) is 0 Å². The van der Waals surface area contributed by atoms with Crippen molar-refractivity contribution in [2.45, 2.75) is 26.7 Å². The third-order valence-corrected chi connectivity index (χ3v) is 2.88. The first-order chi connectivity index (χ1) is 6.67. The van der Waals surface area contributed by atoms with Crippen molar-refractivity contribution in [2.75, 3.05) is 0 Å². The van der Waals surface area contributed by atoms with Crippen LogP contribution in [0.25, 0.3) is 0 Å². The van der Waals surface area contributed by atoms with E-state index < -0.39 is 0 Å². The van der Waals surface area contributed by atoms with Crippen LogP contribution in [0.3, 0.4) is 0 Å². The van der Waals surface area contributed by atoms with Crippen LogP contribution >= 0.6 is 22.6 Å². The molecule has 0 fully saturated rings. The predicted octanol–water partition coefficient (Wildman–Crippen LogP) is 4.37. The summed E-state index contributed by atoms with van der Waals surface area (Å²) in [6.45, 7) is 8.12. The van der Waals surface area contributed by atoms with Gasteiger partial charge in [0.05, 0.1) is 0 Å². The van der Waals surface area contributed by atoms with Crippen molar-refractivity contribution in [2.24, 2.45) is 0 Å². The summed E-state index contributed by atoms with van der Waals surface area (Å²) in [5, 5.41) is 0. The molecule has 1 heteroatoms. The highest BCUT2D eigenvalue weighted by Crippen LogP contribution is 2.20. The fraction of sp³-hybridized carbons (Fsp3) is 0.308. The average Bonchev–Trinajstić information content (AvgIpc) is 2.16. The van der Waals surface area contributed by atoms with Gasteiger partial charge in [-0.2, -0.15) is 0 Å². The summed E-state index contributed by atoms with van der Waals surface area (Å²) in [5.41, 5.74) is 2.73. The molecule has 0 unspecified atom stereocenters. The van der Waals surface area contributed by atoms with Crippen molar-refractivity contribution in [3.63, 3.8) is 0 Å². The maximum absolute atomic E-state index is 3.80. The summed E-state index contributed by atoms with van der Waals surface area (Å²) < 4.78 is 1.31. The van der Waals surface area contributed by atoms with Gasteiger partial charge in [0.2, 0.25) is 0 Å². The minimum absolute atomic E-state index is 1.16. The van der Waals surface area contributed by atoms with Gasteiger partial charge in [-0.15, -0.1) is 6.58 Å². The van der Waals surface area contributed by atoms with Crippen LogP contribution in [0.15, 0.2) is 30.9 Å². The Kier molecular flexibility index (Phi) is 4.66. The Morgan fingerprint density at radius 2 is 2.14 bits per heavy atom. The molecule has 1 aromatic carbocycles. The second-order valence-electron chi connectivity index (χ2n) is 3.49. The lowest BCUT2D eigenvalue weighted by molar-refractivity contribution is 0.918. The van der Waals surface area contributed by atoms with Crippen molar-refractivity contribution in [3.8, 4) is 0 Å². The van der Waals surface area contributed by atoms with Crippen molar-refractivity contribution in [1.82, 2.24) is 0 Å². The number of allylic oxidation sites excluding steroid dienone is 1. The Labute approximate surface area is 101 Å². The second-order valence-corrected chi connectivity index (χ2v) is 4.73. The highest BCUT2D eigenvalue weighted by Gasteiger charge is 2.04. The number of rotatable bonds is 4. The Balaban J connectivity index is 3.00. The van der Waals surface area contributed by atoms with Gasteiger partial charge in [-0.25, -0.2) is 0 Å². The molecule has 14 heavy (non-hydrogen) atoms. The molecule has 0 saturated carbocycles. The zero-order valence-corrected chi connectivity index (χ0v) is 11.0. The van der Waals surface area contributed by atoms with Gasteiger partial charge in [0, 0.05) is 9.49 Å². The minimum atomic E-state index is 1.16. The van der Waals surface area contributed by atoms with E-state index in [0.717, 1.165) is 6.42 Å². The molecule has 1 aromatic rings. The molecule has 0 aliphatic heterocycles. The molecule has 0 saturated heterocycles. The average molecular weight is 299 g/mol. The Bertz CT molecular complexity index is 315. The van der Waals surface area contributed by atoms with E-state index in [1.165, 1.54) is 27.0 Å². The molecule has 0 N–H and O–H groups in total. The quantitative estimate of drug-likeness (QED) is 0.724. The van der Waals surface area contributed by atoms with Crippen LogP contribution in [0.2, 0.25) is 0 Å². The molecule has 0 atom stereocenters. The fourth-order valence-electron chi connectivity index (χ4n) is 1.43. The Hall–Kier alpha value is -0.310. The standard InChI is InChI=1S/C13H16I/c1-4-6-11-7-12(10(3)5-2)9-13(14)8-11/h5,7-9H,2,4,6H2,1,3H3. The van der Waals surface area contributed by atoms with Crippen molar-refractivity contribution in [3.05, 3.63) is 51.5 Å². The molecule has 1 radical (unpaired) electrons. The highest BCUT2D eigenvalue weighted by atomic mass is 127. The van der Waals surface area contributed by atoms with Crippen LogP contribution < -0.4 is 0 Å². The first-order valence-corrected chi connectivity index (χ1v) is 6.01. The van der Waals surface area contributed by atoms with E-state index in [2.05, 4.69) is 61.2 Å². The number of hydrogen-bond acceptors (Lipinski definition) is 0. The molecule has 0 aliphatic carbocycles. The molecule has 0 aromatic heterocycles. The first-order valence-electron chi connectivity index (χ1n) is 4.93. The maximum Gasteiger partial charge on any atom is 0.0230 e. The molecule has 0 aliphatic rings. The van der Waals surface area contributed by atoms with Gasteiger partial charge in [0.15, 0.2) is 0 Å². The van der Waals surface area contributed by atoms with E-state index in [1.54, 1.807) is 0 Å². The highest BCUT2D eigenvalue weighted by molar-refractivity contribution is 14.1. The van der Waals surface area contributed by atoms with Gasteiger partial charge < -0.3 is 0 Å². The van der Waals surface area contributed by atoms with Crippen LogP contribution in [-0.4, -0.2) is 0 Å². The Morgan fingerprint density at radius 1 is 1.43 bits per heavy atom. The summed E-state index contributed by atoms with van der Waals surface area (Å²) >= 11 is 2.37. The van der Waals surface area contributed by atoms with Gasteiger partial charge in [-0.1, -0.05) is 32.4 Å². The summed E-state index contributed by atoms with van der Waals surface area (Å²) in [6, 6.07) is 6.73. The largest absolute Gasteiger partial charge is 0.102 e. The molecule has 1 rings (SSSR count). The van der Waals surface area contributed by atoms with Crippen molar-refractivity contribution >= 4 is 22.6 Å². The molecule has 0 heterocycles. The monoisotopic (exact) mass is 299 g/mol. The number of benzene rings is 1. The van der Waals surface area contributed by atoms with Crippen LogP contribution in [0.5, 0.6) is 0 Å². The zero-order chi connectivity index (χ0) is 10.6. The van der Waals surface area contributed by atoms with E-state index >= 15 is 0 Å². The molecule has 0 spiro atoms. The van der Waals surface area contributed by atoms with E-state index in [0.29, 0.717) is 0 Å². The third kappa shape index (κ3) is 3.12. The SMILES string of the molecule is C=C[C](C)c1cc(I)cc(CCC)c1. The smallest absolute Gasteiger partial charge is 0.0230 e. The lowest BCUT2D eigenvalue weighted by Crippen LogP contribution is -1.94. The summed E-state index contributed by atoms with van der Waals surface area (Å²) in [6.07, 6.45) is 4.28. The molecule has 0 nitrogen and oxygen atoms in total. The van der Waals surface area contributed by atoms with E-state index in [1.807, 2.05) is 6.08 Å². The number of hydrogen-bond donors (Lipinski definition) is 0. The van der Waals surface area contributed by atoms with Gasteiger partial charge in [0.25, 0.3) is 0 Å². The summed E-state index contributed by atoms with van der Waals surface area (Å²) in [7, 11) is 0. The van der Waals surface area contributed by atoms with Gasteiger partial charge >= 0.3 is 0 Å². The van der Waals surface area contributed by atoms with Crippen molar-refractivity contribution in [1.29, 1.82) is 0 Å². The number of halogens is 1. The first kappa shape index (κ1) is 11.8. The Morgan fingerprint density at radius 3 is 2.71 bits per heavy atom. The molecular weight excluding hydrogens is 283 g/mol. The fourth-order valence-corrected chi connectivity index (χ4v) is 2.16. The van der Waals surface area contributed by atoms with Gasteiger partial charge in [-0.05, 0) is 52.3 Å². The lowest BCUT2D eigenvalue weighted by atomic mass is 9.98. The predicted molar refractivity (Wildman–Crippen MR) is 71.4 cm³/mol. The van der Waals surface area contributed by atoms with Gasteiger partial charge in [-0.3, -0.25) is 0 Å². The normalized spacial score (nSPS) is 10.6. The van der Waals surface area contributed by atoms with E-state index in [4.69, 9.17) is 0 Å². The molecule has 75 valence electrons. The van der Waals surface area contributed by atoms with Crippen LogP contribution in [0.4, 0.5) is 0 Å². The maximum atomic E-state index is 3.80. The zero-order valence-electron chi connectivity index (χ0n) is 8.81. The number of aryl methyl sites for hydroxylation is 1. The third-order valence-electron chi connectivity index (χ3n) is 2.26. The minimum Gasteiger partial charge on any atom is -0.102 e. The second kappa shape index (κ2) is 5.54. The summed E-state index contributed by atoms with van der Waals surface area (Å²) in [5.74, 6) is 1.25. The molecule has 0 bridgehead atoms. The lowest BCUT2D eigenvalue weighted by Gasteiger charge is -2.09. The van der Waals surface area contributed by atoms with Crippen molar-refractivity contribution < 1.29 is 0 Å². The van der Waals surface area contributed by atoms with E-state index in [-0.39, 0.29) is 0 Å². The van der Waals surface area contributed by atoms with E-state index in [9.17, 15) is 0 Å². The molecule has 0 amide bonds. The van der Waals surface area contributed by atoms with Crippen LogP contribution in [0.1, 0.15) is 31.4 Å². The van der Waals surface area contributed by atoms with Crippen LogP contribution in [-0.2, 0) is 6.42 Å². The topological polar surface area (TPSA) is 0 Å². The molecular formula is C13H16I.